The predicted octanol–water partition coefficient (Wildman–Crippen LogP) is 2.41. The molecule has 1 aromatic carbocycles. The number of hydrogen-bond acceptors (Lipinski definition) is 6. The number of nitrogens with two attached hydrogens (primary N) is 1. The van der Waals surface area contributed by atoms with Crippen molar-refractivity contribution < 1.29 is 9.84 Å². The van der Waals surface area contributed by atoms with E-state index in [1.807, 2.05) is 12.1 Å². The standard InChI is InChI=1S/C15H20N4O2.2ClH/c16-7-11-21-14-12(4-1-6-13(14)20)5-2-8-17-15-18-9-3-10-19-15;;/h1,3-4,6,9-10,20H,2,5,7-8,11,16H2,(H,17,18,19);2*1H. The number of rotatable bonds is 8. The van der Waals surface area contributed by atoms with Crippen LogP contribution in [0.4, 0.5) is 5.95 Å². The van der Waals surface area contributed by atoms with Crippen molar-refractivity contribution in [2.24, 2.45) is 5.73 Å². The molecule has 8 heteroatoms. The first kappa shape index (κ1) is 21.2. The van der Waals surface area contributed by atoms with Gasteiger partial charge in [0.25, 0.3) is 0 Å². The number of para-hydroxylation sites is 1. The summed E-state index contributed by atoms with van der Waals surface area (Å²) in [6.07, 6.45) is 5.06. The molecule has 0 bridgehead atoms. The van der Waals surface area contributed by atoms with E-state index >= 15 is 0 Å². The second-order valence-electron chi connectivity index (χ2n) is 4.51. The van der Waals surface area contributed by atoms with Crippen LogP contribution in [0, 0.1) is 0 Å². The van der Waals surface area contributed by atoms with E-state index < -0.39 is 0 Å². The maximum atomic E-state index is 9.85. The van der Waals surface area contributed by atoms with Crippen LogP contribution >= 0.6 is 24.8 Å². The molecule has 0 fully saturated rings. The number of nitrogens with one attached hydrogen (secondary N) is 1. The molecule has 2 rings (SSSR count). The molecule has 0 atom stereocenters. The smallest absolute Gasteiger partial charge is 0.222 e. The molecule has 6 nitrogen and oxygen atoms in total. The Balaban J connectivity index is 0.00000242. The van der Waals surface area contributed by atoms with Crippen molar-refractivity contribution in [3.05, 3.63) is 42.2 Å². The molecule has 0 saturated heterocycles. The quantitative estimate of drug-likeness (QED) is 0.626. The molecule has 1 heterocycles. The molecule has 128 valence electrons. The molecule has 0 saturated carbocycles. The maximum absolute atomic E-state index is 9.85. The first-order chi connectivity index (χ1) is 10.3. The average Bonchev–Trinajstić information content (AvgIpc) is 2.52. The number of ether oxygens (including phenoxy) is 1. The number of phenolic OH excluding ortho intramolecular Hbond substituents is 1. The molecule has 1 aromatic heterocycles. The zero-order chi connectivity index (χ0) is 14.9. The zero-order valence-electron chi connectivity index (χ0n) is 12.6. The van der Waals surface area contributed by atoms with E-state index in [4.69, 9.17) is 10.5 Å². The third-order valence-corrected chi connectivity index (χ3v) is 2.91. The van der Waals surface area contributed by atoms with E-state index in [-0.39, 0.29) is 30.6 Å². The molecule has 0 amide bonds. The van der Waals surface area contributed by atoms with Crippen molar-refractivity contribution in [2.45, 2.75) is 12.8 Å². The van der Waals surface area contributed by atoms with Gasteiger partial charge >= 0.3 is 0 Å². The van der Waals surface area contributed by atoms with Gasteiger partial charge in [-0.3, -0.25) is 0 Å². The van der Waals surface area contributed by atoms with Gasteiger partial charge in [-0.05, 0) is 30.5 Å². The summed E-state index contributed by atoms with van der Waals surface area (Å²) in [5, 5.41) is 13.0. The summed E-state index contributed by atoms with van der Waals surface area (Å²) in [4.78, 5) is 8.19. The second-order valence-corrected chi connectivity index (χ2v) is 4.51. The van der Waals surface area contributed by atoms with Crippen LogP contribution in [-0.2, 0) is 6.42 Å². The predicted molar refractivity (Wildman–Crippen MR) is 96.0 cm³/mol. The number of aromatic nitrogens is 2. The van der Waals surface area contributed by atoms with Crippen molar-refractivity contribution in [2.75, 3.05) is 25.0 Å². The van der Waals surface area contributed by atoms with E-state index in [1.54, 1.807) is 24.5 Å². The normalized spacial score (nSPS) is 9.43. The highest BCUT2D eigenvalue weighted by Gasteiger charge is 2.08. The minimum atomic E-state index is 0. The van der Waals surface area contributed by atoms with Gasteiger partial charge in [-0.25, -0.2) is 9.97 Å². The molecule has 0 aliphatic rings. The lowest BCUT2D eigenvalue weighted by Crippen LogP contribution is -2.12. The van der Waals surface area contributed by atoms with Crippen LogP contribution in [-0.4, -0.2) is 34.8 Å². The van der Waals surface area contributed by atoms with Gasteiger partial charge in [0.1, 0.15) is 6.61 Å². The monoisotopic (exact) mass is 360 g/mol. The lowest BCUT2D eigenvalue weighted by molar-refractivity contribution is 0.305. The first-order valence-corrected chi connectivity index (χ1v) is 6.96. The highest BCUT2D eigenvalue weighted by molar-refractivity contribution is 5.85. The summed E-state index contributed by atoms with van der Waals surface area (Å²) in [5.74, 6) is 1.30. The number of phenols is 1. The van der Waals surface area contributed by atoms with Gasteiger partial charge in [0.15, 0.2) is 11.5 Å². The van der Waals surface area contributed by atoms with Crippen LogP contribution in [0.1, 0.15) is 12.0 Å². The van der Waals surface area contributed by atoms with Crippen LogP contribution < -0.4 is 15.8 Å². The molecule has 4 N–H and O–H groups in total. The Morgan fingerprint density at radius 2 is 1.87 bits per heavy atom. The molecular formula is C15H22Cl2N4O2. The average molecular weight is 361 g/mol. The third kappa shape index (κ3) is 6.90. The Hall–Kier alpha value is -1.76. The Morgan fingerprint density at radius 1 is 1.13 bits per heavy atom. The largest absolute Gasteiger partial charge is 0.504 e. The Bertz CT molecular complexity index is 558. The highest BCUT2D eigenvalue weighted by Crippen LogP contribution is 2.30. The number of nitrogens with zero attached hydrogens (tertiary/aromatic N) is 2. The van der Waals surface area contributed by atoms with Crippen molar-refractivity contribution in [3.8, 4) is 11.5 Å². The zero-order valence-corrected chi connectivity index (χ0v) is 14.3. The van der Waals surface area contributed by atoms with E-state index in [0.717, 1.165) is 24.9 Å². The minimum absolute atomic E-state index is 0. The minimum Gasteiger partial charge on any atom is -0.504 e. The highest BCUT2D eigenvalue weighted by atomic mass is 35.5. The van der Waals surface area contributed by atoms with Gasteiger partial charge in [0.2, 0.25) is 5.95 Å². The van der Waals surface area contributed by atoms with Crippen molar-refractivity contribution in [3.63, 3.8) is 0 Å². The Morgan fingerprint density at radius 3 is 2.57 bits per heavy atom. The van der Waals surface area contributed by atoms with Crippen LogP contribution in [0.25, 0.3) is 0 Å². The van der Waals surface area contributed by atoms with Crippen molar-refractivity contribution >= 4 is 30.8 Å². The van der Waals surface area contributed by atoms with Gasteiger partial charge in [-0.15, -0.1) is 24.8 Å². The van der Waals surface area contributed by atoms with E-state index in [1.165, 1.54) is 0 Å². The maximum Gasteiger partial charge on any atom is 0.222 e. The van der Waals surface area contributed by atoms with Gasteiger partial charge in [0, 0.05) is 25.5 Å². The number of halogens is 2. The van der Waals surface area contributed by atoms with E-state index in [9.17, 15) is 5.11 Å². The summed E-state index contributed by atoms with van der Waals surface area (Å²) < 4.78 is 5.51. The number of anilines is 1. The fourth-order valence-corrected chi connectivity index (χ4v) is 1.97. The van der Waals surface area contributed by atoms with Crippen molar-refractivity contribution in [1.29, 1.82) is 0 Å². The molecule has 0 unspecified atom stereocenters. The second kappa shape index (κ2) is 11.8. The van der Waals surface area contributed by atoms with E-state index in [2.05, 4.69) is 15.3 Å². The van der Waals surface area contributed by atoms with Crippen LogP contribution in [0.2, 0.25) is 0 Å². The molecule has 2 aromatic rings. The molecule has 0 spiro atoms. The fourth-order valence-electron chi connectivity index (χ4n) is 1.97. The Kier molecular flexibility index (Phi) is 10.9. The Labute approximate surface area is 148 Å². The topological polar surface area (TPSA) is 93.3 Å². The van der Waals surface area contributed by atoms with Gasteiger partial charge in [-0.2, -0.15) is 0 Å². The van der Waals surface area contributed by atoms with Gasteiger partial charge in [0.05, 0.1) is 0 Å². The summed E-state index contributed by atoms with van der Waals surface area (Å²) in [6, 6.07) is 7.16. The summed E-state index contributed by atoms with van der Waals surface area (Å²) in [6.45, 7) is 1.55. The number of aromatic hydroxyl groups is 1. The van der Waals surface area contributed by atoms with Crippen LogP contribution in [0.5, 0.6) is 11.5 Å². The summed E-state index contributed by atoms with van der Waals surface area (Å²) in [7, 11) is 0. The third-order valence-electron chi connectivity index (χ3n) is 2.91. The van der Waals surface area contributed by atoms with Gasteiger partial charge < -0.3 is 20.9 Å². The first-order valence-electron chi connectivity index (χ1n) is 6.96. The molecule has 0 aliphatic carbocycles. The lowest BCUT2D eigenvalue weighted by atomic mass is 10.1. The fraction of sp³-hybridized carbons (Fsp3) is 0.333. The molecule has 23 heavy (non-hydrogen) atoms. The SMILES string of the molecule is Cl.Cl.NCCOc1c(O)cccc1CCCNc1ncccn1. The van der Waals surface area contributed by atoms with Crippen LogP contribution in [0.3, 0.4) is 0 Å². The summed E-state index contributed by atoms with van der Waals surface area (Å²) in [5.41, 5.74) is 6.40. The number of benzene rings is 1. The van der Waals surface area contributed by atoms with E-state index in [0.29, 0.717) is 24.8 Å². The molecule has 0 radical (unpaired) electrons. The van der Waals surface area contributed by atoms with Crippen LogP contribution in [0.15, 0.2) is 36.7 Å². The number of hydrogen-bond donors (Lipinski definition) is 3. The number of aryl methyl sites for hydroxylation is 1. The van der Waals surface area contributed by atoms with Crippen molar-refractivity contribution in [1.82, 2.24) is 9.97 Å². The van der Waals surface area contributed by atoms with Gasteiger partial charge in [-0.1, -0.05) is 12.1 Å². The summed E-state index contributed by atoms with van der Waals surface area (Å²) >= 11 is 0. The lowest BCUT2D eigenvalue weighted by Gasteiger charge is -2.12. The molecule has 0 aliphatic heterocycles. The molecular weight excluding hydrogens is 339 g/mol.